The minimum Gasteiger partial charge on any atom is -0.484 e. The molecule has 178 valence electrons. The molecule has 1 atom stereocenters. The van der Waals surface area contributed by atoms with Crippen molar-refractivity contribution in [1.29, 1.82) is 0 Å². The van der Waals surface area contributed by atoms with Crippen LogP contribution >= 0.6 is 0 Å². The zero-order chi connectivity index (χ0) is 23.5. The van der Waals surface area contributed by atoms with Gasteiger partial charge in [0, 0.05) is 12.3 Å². The van der Waals surface area contributed by atoms with Crippen LogP contribution in [-0.4, -0.2) is 48.5 Å². The van der Waals surface area contributed by atoms with Gasteiger partial charge in [0.05, 0.1) is 23.8 Å². The highest BCUT2D eigenvalue weighted by Crippen LogP contribution is 2.33. The zero-order valence-electron chi connectivity index (χ0n) is 19.3. The Labute approximate surface area is 199 Å². The molecule has 0 aromatic heterocycles. The summed E-state index contributed by atoms with van der Waals surface area (Å²) in [5, 5.41) is 2.76. The Balaban J connectivity index is 1.16. The van der Waals surface area contributed by atoms with Gasteiger partial charge >= 0.3 is 0 Å². The Morgan fingerprint density at radius 3 is 2.44 bits per heavy atom. The number of amides is 3. The Kier molecular flexibility index (Phi) is 6.63. The van der Waals surface area contributed by atoms with Crippen LogP contribution in [0.2, 0.25) is 0 Å². The van der Waals surface area contributed by atoms with Crippen molar-refractivity contribution in [2.75, 3.05) is 25.1 Å². The second-order valence-electron chi connectivity index (χ2n) is 9.36. The SMILES string of the molecule is O=C(COc1ccc(C2CCCCC2)cc1)Nc1ccc2c(c1)C(=O)N(CC1CCCO1)C2=O. The molecule has 3 amide bonds. The summed E-state index contributed by atoms with van der Waals surface area (Å²) in [5.41, 5.74) is 2.46. The summed E-state index contributed by atoms with van der Waals surface area (Å²) >= 11 is 0. The Morgan fingerprint density at radius 1 is 0.941 bits per heavy atom. The van der Waals surface area contributed by atoms with E-state index in [0.717, 1.165) is 12.8 Å². The maximum absolute atomic E-state index is 12.8. The Hall–Kier alpha value is -3.19. The standard InChI is InChI=1S/C27H30N2O5/c30-25(17-34-21-11-8-19(9-12-21)18-5-2-1-3-6-18)28-20-10-13-23-24(15-20)27(32)29(26(23)31)16-22-7-4-14-33-22/h8-13,15,18,22H,1-7,14,16-17H2,(H,28,30). The van der Waals surface area contributed by atoms with Crippen LogP contribution in [0.4, 0.5) is 5.69 Å². The maximum Gasteiger partial charge on any atom is 0.262 e. The normalized spacial score (nSPS) is 20.5. The van der Waals surface area contributed by atoms with E-state index in [2.05, 4.69) is 17.4 Å². The van der Waals surface area contributed by atoms with Gasteiger partial charge in [-0.2, -0.15) is 0 Å². The topological polar surface area (TPSA) is 84.9 Å². The van der Waals surface area contributed by atoms with Gasteiger partial charge in [-0.25, -0.2) is 0 Å². The van der Waals surface area contributed by atoms with Crippen LogP contribution in [0.3, 0.4) is 0 Å². The minimum absolute atomic E-state index is 0.102. The molecule has 2 fully saturated rings. The summed E-state index contributed by atoms with van der Waals surface area (Å²) in [6.45, 7) is 0.788. The van der Waals surface area contributed by atoms with E-state index in [1.54, 1.807) is 18.2 Å². The lowest BCUT2D eigenvalue weighted by molar-refractivity contribution is -0.118. The molecule has 1 unspecified atom stereocenters. The van der Waals surface area contributed by atoms with E-state index in [-0.39, 0.29) is 37.0 Å². The summed E-state index contributed by atoms with van der Waals surface area (Å²) in [6.07, 6.45) is 8.07. The number of carbonyl (C=O) groups is 3. The first-order valence-corrected chi connectivity index (χ1v) is 12.2. The lowest BCUT2D eigenvalue weighted by atomic mass is 9.84. The van der Waals surface area contributed by atoms with Crippen LogP contribution in [-0.2, 0) is 9.53 Å². The predicted octanol–water partition coefficient (Wildman–Crippen LogP) is 4.53. The summed E-state index contributed by atoms with van der Waals surface area (Å²) in [4.78, 5) is 39.1. The Bertz CT molecular complexity index is 1070. The predicted molar refractivity (Wildman–Crippen MR) is 127 cm³/mol. The number of rotatable bonds is 7. The number of ether oxygens (including phenoxy) is 2. The third-order valence-electron chi connectivity index (χ3n) is 6.99. The molecular formula is C27H30N2O5. The number of imide groups is 1. The molecule has 5 rings (SSSR count). The first-order valence-electron chi connectivity index (χ1n) is 12.2. The van der Waals surface area contributed by atoms with Gasteiger partial charge in [0.2, 0.25) is 0 Å². The quantitative estimate of drug-likeness (QED) is 0.612. The molecular weight excluding hydrogens is 432 g/mol. The number of hydrogen-bond donors (Lipinski definition) is 1. The summed E-state index contributed by atoms with van der Waals surface area (Å²) in [7, 11) is 0. The van der Waals surface area contributed by atoms with E-state index in [0.29, 0.717) is 35.1 Å². The van der Waals surface area contributed by atoms with Crippen molar-refractivity contribution in [1.82, 2.24) is 4.90 Å². The summed E-state index contributed by atoms with van der Waals surface area (Å²) in [5.74, 6) is 0.287. The monoisotopic (exact) mass is 462 g/mol. The molecule has 2 heterocycles. The molecule has 1 saturated heterocycles. The zero-order valence-corrected chi connectivity index (χ0v) is 19.3. The van der Waals surface area contributed by atoms with Crippen molar-refractivity contribution in [3.05, 3.63) is 59.2 Å². The van der Waals surface area contributed by atoms with Gasteiger partial charge in [-0.1, -0.05) is 31.4 Å². The van der Waals surface area contributed by atoms with Gasteiger partial charge in [0.15, 0.2) is 6.61 Å². The molecule has 0 spiro atoms. The van der Waals surface area contributed by atoms with Crippen LogP contribution in [0.1, 0.15) is 77.1 Å². The number of anilines is 1. The van der Waals surface area contributed by atoms with E-state index in [1.807, 2.05) is 12.1 Å². The van der Waals surface area contributed by atoms with Gasteiger partial charge in [-0.05, 0) is 67.5 Å². The van der Waals surface area contributed by atoms with Gasteiger partial charge in [-0.15, -0.1) is 0 Å². The number of nitrogens with zero attached hydrogens (tertiary/aromatic N) is 1. The molecule has 1 aliphatic carbocycles. The van der Waals surface area contributed by atoms with E-state index < -0.39 is 0 Å². The van der Waals surface area contributed by atoms with E-state index in [4.69, 9.17) is 9.47 Å². The van der Waals surface area contributed by atoms with Crippen LogP contribution in [0.15, 0.2) is 42.5 Å². The molecule has 1 N–H and O–H groups in total. The van der Waals surface area contributed by atoms with E-state index in [9.17, 15) is 14.4 Å². The highest BCUT2D eigenvalue weighted by molar-refractivity contribution is 6.21. The first kappa shape index (κ1) is 22.6. The third kappa shape index (κ3) is 4.85. The molecule has 2 aromatic carbocycles. The lowest BCUT2D eigenvalue weighted by Crippen LogP contribution is -2.36. The van der Waals surface area contributed by atoms with E-state index in [1.165, 1.54) is 42.6 Å². The van der Waals surface area contributed by atoms with Gasteiger partial charge < -0.3 is 14.8 Å². The first-order chi connectivity index (χ1) is 16.6. The fourth-order valence-electron chi connectivity index (χ4n) is 5.14. The molecule has 1 saturated carbocycles. The number of benzene rings is 2. The third-order valence-corrected chi connectivity index (χ3v) is 6.99. The van der Waals surface area contributed by atoms with E-state index >= 15 is 0 Å². The molecule has 2 aliphatic heterocycles. The fourth-order valence-corrected chi connectivity index (χ4v) is 5.14. The molecule has 7 heteroatoms. The van der Waals surface area contributed by atoms with Crippen LogP contribution in [0, 0.1) is 0 Å². The second-order valence-corrected chi connectivity index (χ2v) is 9.36. The number of carbonyl (C=O) groups excluding carboxylic acids is 3. The number of nitrogens with one attached hydrogen (secondary N) is 1. The van der Waals surface area contributed by atoms with Gasteiger partial charge in [-0.3, -0.25) is 19.3 Å². The number of hydrogen-bond acceptors (Lipinski definition) is 5. The second kappa shape index (κ2) is 9.97. The van der Waals surface area contributed by atoms with Gasteiger partial charge in [0.25, 0.3) is 17.7 Å². The average Bonchev–Trinajstić information content (AvgIpc) is 3.47. The fraction of sp³-hybridized carbons (Fsp3) is 0.444. The maximum atomic E-state index is 12.8. The van der Waals surface area contributed by atoms with Crippen LogP contribution in [0.5, 0.6) is 5.75 Å². The molecule has 0 radical (unpaired) electrons. The van der Waals surface area contributed by atoms with Crippen LogP contribution < -0.4 is 10.1 Å². The molecule has 2 aromatic rings. The minimum atomic E-state index is -0.346. The van der Waals surface area contributed by atoms with Crippen molar-refractivity contribution in [3.8, 4) is 5.75 Å². The van der Waals surface area contributed by atoms with Crippen molar-refractivity contribution in [3.63, 3.8) is 0 Å². The highest BCUT2D eigenvalue weighted by atomic mass is 16.5. The lowest BCUT2D eigenvalue weighted by Gasteiger charge is -2.22. The van der Waals surface area contributed by atoms with Crippen molar-refractivity contribution < 1.29 is 23.9 Å². The van der Waals surface area contributed by atoms with Gasteiger partial charge in [0.1, 0.15) is 5.75 Å². The van der Waals surface area contributed by atoms with Crippen molar-refractivity contribution >= 4 is 23.4 Å². The molecule has 7 nitrogen and oxygen atoms in total. The molecule has 3 aliphatic rings. The largest absolute Gasteiger partial charge is 0.484 e. The van der Waals surface area contributed by atoms with Crippen molar-refractivity contribution in [2.45, 2.75) is 57.0 Å². The van der Waals surface area contributed by atoms with Crippen molar-refractivity contribution in [2.24, 2.45) is 0 Å². The summed E-state index contributed by atoms with van der Waals surface area (Å²) in [6, 6.07) is 12.8. The smallest absolute Gasteiger partial charge is 0.262 e. The van der Waals surface area contributed by atoms with Crippen LogP contribution in [0.25, 0.3) is 0 Å². The molecule has 34 heavy (non-hydrogen) atoms. The Morgan fingerprint density at radius 2 is 1.71 bits per heavy atom. The molecule has 0 bridgehead atoms. The summed E-state index contributed by atoms with van der Waals surface area (Å²) < 4.78 is 11.2. The highest BCUT2D eigenvalue weighted by Gasteiger charge is 2.37. The average molecular weight is 463 g/mol. The number of fused-ring (bicyclic) bond motifs is 1.